The van der Waals surface area contributed by atoms with E-state index in [4.69, 9.17) is 5.41 Å². The maximum Gasteiger partial charge on any atom is 0.224 e. The van der Waals surface area contributed by atoms with Gasteiger partial charge in [0.1, 0.15) is 11.5 Å². The first-order valence-corrected chi connectivity index (χ1v) is 7.95. The fraction of sp³-hybridized carbons (Fsp3) is 0.158. The molecule has 7 heteroatoms. The Labute approximate surface area is 150 Å². The number of hydrogen-bond donors (Lipinski definition) is 4. The van der Waals surface area contributed by atoms with Gasteiger partial charge in [0.15, 0.2) is 6.29 Å². The summed E-state index contributed by atoms with van der Waals surface area (Å²) in [6.07, 6.45) is 0.558. The Morgan fingerprint density at radius 2 is 1.81 bits per heavy atom. The van der Waals surface area contributed by atoms with Crippen molar-refractivity contribution in [2.24, 2.45) is 0 Å². The predicted octanol–water partition coefficient (Wildman–Crippen LogP) is 2.93. The van der Waals surface area contributed by atoms with Crippen LogP contribution in [-0.2, 0) is 14.4 Å². The van der Waals surface area contributed by atoms with Crippen LogP contribution in [0.4, 0.5) is 11.4 Å². The lowest BCUT2D eigenvalue weighted by atomic mass is 9.96. The minimum Gasteiger partial charge on any atom is -0.507 e. The normalized spacial score (nSPS) is 10.1. The highest BCUT2D eigenvalue weighted by Crippen LogP contribution is 2.38. The molecule has 134 valence electrons. The molecule has 2 aromatic carbocycles. The highest BCUT2D eigenvalue weighted by Gasteiger charge is 2.17. The number of amides is 2. The fourth-order valence-electron chi connectivity index (χ4n) is 2.45. The van der Waals surface area contributed by atoms with E-state index in [0.717, 1.165) is 0 Å². The van der Waals surface area contributed by atoms with E-state index in [1.54, 1.807) is 31.2 Å². The summed E-state index contributed by atoms with van der Waals surface area (Å²) < 4.78 is 0. The Kier molecular flexibility index (Phi) is 5.85. The van der Waals surface area contributed by atoms with E-state index in [1.165, 1.54) is 19.1 Å². The SMILES string of the molecule is CCC(=O)Nc1cc(O)c(C(=N)C=O)cc1-c1ccccc1NC(C)=O. The van der Waals surface area contributed by atoms with Crippen molar-refractivity contribution in [1.29, 1.82) is 5.41 Å². The van der Waals surface area contributed by atoms with Crippen molar-refractivity contribution in [3.8, 4) is 16.9 Å². The number of nitrogens with one attached hydrogen (secondary N) is 3. The van der Waals surface area contributed by atoms with Crippen LogP contribution in [0.1, 0.15) is 25.8 Å². The minimum atomic E-state index is -0.394. The molecule has 2 aromatic rings. The third kappa shape index (κ3) is 4.13. The van der Waals surface area contributed by atoms with Crippen molar-refractivity contribution in [2.45, 2.75) is 20.3 Å². The molecule has 0 unspecified atom stereocenters. The monoisotopic (exact) mass is 353 g/mol. The van der Waals surface area contributed by atoms with Crippen LogP contribution >= 0.6 is 0 Å². The molecule has 0 spiro atoms. The van der Waals surface area contributed by atoms with Crippen LogP contribution in [0.5, 0.6) is 5.75 Å². The summed E-state index contributed by atoms with van der Waals surface area (Å²) in [5.74, 6) is -0.827. The van der Waals surface area contributed by atoms with E-state index in [9.17, 15) is 19.5 Å². The van der Waals surface area contributed by atoms with Gasteiger partial charge in [0.25, 0.3) is 0 Å². The Morgan fingerprint density at radius 3 is 2.42 bits per heavy atom. The van der Waals surface area contributed by atoms with Gasteiger partial charge in [-0.15, -0.1) is 0 Å². The number of benzene rings is 2. The van der Waals surface area contributed by atoms with Crippen molar-refractivity contribution in [2.75, 3.05) is 10.6 Å². The number of carbonyl (C=O) groups excluding carboxylic acids is 3. The van der Waals surface area contributed by atoms with Gasteiger partial charge in [-0.05, 0) is 12.1 Å². The molecule has 0 fully saturated rings. The number of para-hydroxylation sites is 1. The summed E-state index contributed by atoms with van der Waals surface area (Å²) in [5.41, 5.74) is 1.50. The molecular weight excluding hydrogens is 334 g/mol. The van der Waals surface area contributed by atoms with E-state index >= 15 is 0 Å². The van der Waals surface area contributed by atoms with E-state index < -0.39 is 5.71 Å². The molecule has 2 amide bonds. The Bertz CT molecular complexity index is 890. The van der Waals surface area contributed by atoms with Gasteiger partial charge in [-0.3, -0.25) is 19.8 Å². The number of phenols is 1. The Hall–Kier alpha value is -3.48. The lowest BCUT2D eigenvalue weighted by Crippen LogP contribution is -2.12. The number of anilines is 2. The highest BCUT2D eigenvalue weighted by molar-refractivity contribution is 6.35. The first-order chi connectivity index (χ1) is 12.4. The van der Waals surface area contributed by atoms with Crippen LogP contribution in [0.25, 0.3) is 11.1 Å². The second-order valence-corrected chi connectivity index (χ2v) is 5.57. The molecule has 0 aliphatic heterocycles. The third-order valence-electron chi connectivity index (χ3n) is 3.67. The smallest absolute Gasteiger partial charge is 0.224 e. The van der Waals surface area contributed by atoms with Gasteiger partial charge in [0, 0.05) is 41.8 Å². The molecule has 0 aliphatic carbocycles. The summed E-state index contributed by atoms with van der Waals surface area (Å²) in [4.78, 5) is 34.3. The summed E-state index contributed by atoms with van der Waals surface area (Å²) in [5, 5.41) is 23.3. The van der Waals surface area contributed by atoms with Crippen molar-refractivity contribution in [3.63, 3.8) is 0 Å². The zero-order chi connectivity index (χ0) is 19.3. The second kappa shape index (κ2) is 8.06. The maximum absolute atomic E-state index is 11.9. The molecule has 0 aromatic heterocycles. The van der Waals surface area contributed by atoms with Crippen LogP contribution in [0.3, 0.4) is 0 Å². The van der Waals surface area contributed by atoms with Crippen molar-refractivity contribution in [3.05, 3.63) is 42.0 Å². The molecular formula is C19H19N3O4. The van der Waals surface area contributed by atoms with Gasteiger partial charge in [0.05, 0.1) is 5.69 Å². The topological polar surface area (TPSA) is 119 Å². The fourth-order valence-corrected chi connectivity index (χ4v) is 2.45. The van der Waals surface area contributed by atoms with Crippen molar-refractivity contribution in [1.82, 2.24) is 0 Å². The molecule has 0 radical (unpaired) electrons. The van der Waals surface area contributed by atoms with E-state index in [0.29, 0.717) is 28.8 Å². The molecule has 0 heterocycles. The maximum atomic E-state index is 11.9. The van der Waals surface area contributed by atoms with Crippen LogP contribution < -0.4 is 10.6 Å². The van der Waals surface area contributed by atoms with Gasteiger partial charge < -0.3 is 15.7 Å². The van der Waals surface area contributed by atoms with Crippen LogP contribution in [0.2, 0.25) is 0 Å². The lowest BCUT2D eigenvalue weighted by Gasteiger charge is -2.17. The van der Waals surface area contributed by atoms with Gasteiger partial charge in [0.2, 0.25) is 11.8 Å². The number of aldehydes is 1. The molecule has 26 heavy (non-hydrogen) atoms. The quantitative estimate of drug-likeness (QED) is 0.471. The summed E-state index contributed by atoms with van der Waals surface area (Å²) in [7, 11) is 0. The van der Waals surface area contributed by atoms with Crippen molar-refractivity contribution < 1.29 is 19.5 Å². The zero-order valence-corrected chi connectivity index (χ0v) is 14.4. The van der Waals surface area contributed by atoms with E-state index in [-0.39, 0.29) is 29.5 Å². The van der Waals surface area contributed by atoms with Gasteiger partial charge >= 0.3 is 0 Å². The van der Waals surface area contributed by atoms with Crippen LogP contribution in [0.15, 0.2) is 36.4 Å². The zero-order valence-electron chi connectivity index (χ0n) is 14.4. The number of hydrogen-bond acceptors (Lipinski definition) is 5. The standard InChI is InChI=1S/C19H19N3O4/c1-3-19(26)22-17-9-18(25)14(15(20)10-23)8-13(17)12-6-4-5-7-16(12)21-11(2)24/h4-10,20,25H,3H2,1-2H3,(H,21,24)(H,22,26). The van der Waals surface area contributed by atoms with Crippen LogP contribution in [-0.4, -0.2) is 28.9 Å². The molecule has 0 aliphatic rings. The second-order valence-electron chi connectivity index (χ2n) is 5.57. The molecule has 0 bridgehead atoms. The third-order valence-corrected chi connectivity index (χ3v) is 3.67. The van der Waals surface area contributed by atoms with E-state index in [1.807, 2.05) is 0 Å². The first kappa shape index (κ1) is 18.9. The largest absolute Gasteiger partial charge is 0.507 e. The average molecular weight is 353 g/mol. The Balaban J connectivity index is 2.71. The minimum absolute atomic E-state index is 0.0297. The first-order valence-electron chi connectivity index (χ1n) is 7.95. The number of carbonyl (C=O) groups is 3. The Morgan fingerprint density at radius 1 is 1.12 bits per heavy atom. The predicted molar refractivity (Wildman–Crippen MR) is 99.7 cm³/mol. The van der Waals surface area contributed by atoms with E-state index in [2.05, 4.69) is 10.6 Å². The van der Waals surface area contributed by atoms with Gasteiger partial charge in [-0.2, -0.15) is 0 Å². The summed E-state index contributed by atoms with van der Waals surface area (Å²) in [6.45, 7) is 3.07. The average Bonchev–Trinajstić information content (AvgIpc) is 2.61. The van der Waals surface area contributed by atoms with Gasteiger partial charge in [-0.25, -0.2) is 0 Å². The van der Waals surface area contributed by atoms with Gasteiger partial charge in [-0.1, -0.05) is 25.1 Å². The molecule has 4 N–H and O–H groups in total. The molecule has 0 atom stereocenters. The van der Waals surface area contributed by atoms with Crippen molar-refractivity contribution >= 4 is 35.2 Å². The number of aromatic hydroxyl groups is 1. The molecule has 7 nitrogen and oxygen atoms in total. The number of rotatable bonds is 6. The molecule has 2 rings (SSSR count). The summed E-state index contributed by atoms with van der Waals surface area (Å²) >= 11 is 0. The molecule has 0 saturated heterocycles. The molecule has 0 saturated carbocycles. The van der Waals surface area contributed by atoms with Crippen LogP contribution in [0, 0.1) is 5.41 Å². The summed E-state index contributed by atoms with van der Waals surface area (Å²) in [6, 6.07) is 9.66. The highest BCUT2D eigenvalue weighted by atomic mass is 16.3. The lowest BCUT2D eigenvalue weighted by molar-refractivity contribution is -0.116. The number of phenolic OH excluding ortho intramolecular Hbond substituents is 1.